The molecule has 1 unspecified atom stereocenters. The highest BCUT2D eigenvalue weighted by Gasteiger charge is 2.21. The van der Waals surface area contributed by atoms with Crippen LogP contribution < -0.4 is 20.9 Å². The Labute approximate surface area is 194 Å². The van der Waals surface area contributed by atoms with Crippen molar-refractivity contribution in [2.45, 2.75) is 12.5 Å². The molecule has 9 nitrogen and oxygen atoms in total. The van der Waals surface area contributed by atoms with E-state index in [1.165, 1.54) is 31.0 Å². The molecule has 3 aromatic rings. The maximum absolute atomic E-state index is 12.6. The van der Waals surface area contributed by atoms with E-state index in [0.717, 1.165) is 5.56 Å². The molecule has 0 fully saturated rings. The lowest BCUT2D eigenvalue weighted by Gasteiger charge is -2.20. The van der Waals surface area contributed by atoms with Crippen LogP contribution in [0.5, 0.6) is 11.5 Å². The number of aromatic nitrogens is 1. The van der Waals surface area contributed by atoms with Crippen LogP contribution in [-0.4, -0.2) is 33.9 Å². The maximum atomic E-state index is 12.6. The average Bonchev–Trinajstić information content (AvgIpc) is 2.78. The van der Waals surface area contributed by atoms with Gasteiger partial charge in [0, 0.05) is 23.8 Å². The highest BCUT2D eigenvalue weighted by Crippen LogP contribution is 2.34. The van der Waals surface area contributed by atoms with Crippen molar-refractivity contribution < 1.29 is 24.5 Å². The molecule has 172 valence electrons. The Balaban J connectivity index is 1.94. The van der Waals surface area contributed by atoms with E-state index < -0.39 is 35.8 Å². The third kappa shape index (κ3) is 5.64. The number of carbonyl (C=O) groups excluding carboxylic acids is 1. The van der Waals surface area contributed by atoms with E-state index in [0.29, 0.717) is 21.9 Å². The predicted molar refractivity (Wildman–Crippen MR) is 124 cm³/mol. The first-order valence-corrected chi connectivity index (χ1v) is 10.2. The number of carboxylic acid groups (broad SMARTS) is 1. The number of benzene rings is 2. The summed E-state index contributed by atoms with van der Waals surface area (Å²) in [5, 5.41) is 24.7. The van der Waals surface area contributed by atoms with E-state index in [1.54, 1.807) is 36.4 Å². The van der Waals surface area contributed by atoms with Crippen LogP contribution in [0.1, 0.15) is 18.0 Å². The van der Waals surface area contributed by atoms with Crippen LogP contribution in [-0.2, 0) is 11.8 Å². The Kier molecular flexibility index (Phi) is 7.24. The third-order valence-corrected chi connectivity index (χ3v) is 5.17. The second-order valence-electron chi connectivity index (χ2n) is 7.21. The number of ether oxygens (including phenoxy) is 1. The molecular formula is C23H22ClN3O6. The lowest BCUT2D eigenvalue weighted by Crippen LogP contribution is -2.36. The summed E-state index contributed by atoms with van der Waals surface area (Å²) in [4.78, 5) is 36.3. The van der Waals surface area contributed by atoms with Gasteiger partial charge in [0.25, 0.3) is 5.56 Å². The van der Waals surface area contributed by atoms with Crippen molar-refractivity contribution in [3.63, 3.8) is 0 Å². The lowest BCUT2D eigenvalue weighted by atomic mass is 9.97. The average molecular weight is 472 g/mol. The molecule has 0 aliphatic heterocycles. The van der Waals surface area contributed by atoms with Gasteiger partial charge in [-0.25, -0.2) is 4.79 Å². The minimum absolute atomic E-state index is 0.319. The van der Waals surface area contributed by atoms with Crippen LogP contribution in [0.2, 0.25) is 5.02 Å². The van der Waals surface area contributed by atoms with E-state index in [9.17, 15) is 24.6 Å². The lowest BCUT2D eigenvalue weighted by molar-refractivity contribution is -0.137. The Hall–Kier alpha value is -3.98. The minimum Gasteiger partial charge on any atom is -0.505 e. The highest BCUT2D eigenvalue weighted by atomic mass is 35.5. The van der Waals surface area contributed by atoms with Gasteiger partial charge in [-0.2, -0.15) is 0 Å². The van der Waals surface area contributed by atoms with E-state index >= 15 is 0 Å². The summed E-state index contributed by atoms with van der Waals surface area (Å²) in [7, 11) is 2.98. The molecule has 1 heterocycles. The summed E-state index contributed by atoms with van der Waals surface area (Å²) in [6.07, 6.45) is 0.927. The molecule has 10 heteroatoms. The number of methoxy groups -OCH3 is 1. The Bertz CT molecular complexity index is 1260. The fourth-order valence-corrected chi connectivity index (χ4v) is 3.49. The van der Waals surface area contributed by atoms with E-state index in [2.05, 4.69) is 10.6 Å². The van der Waals surface area contributed by atoms with Crippen molar-refractivity contribution in [3.8, 4) is 22.6 Å². The molecule has 1 aromatic heterocycles. The monoisotopic (exact) mass is 471 g/mol. The van der Waals surface area contributed by atoms with Crippen LogP contribution in [0.3, 0.4) is 0 Å². The number of hydrogen-bond donors (Lipinski definition) is 4. The number of nitrogens with zero attached hydrogens (tertiary/aromatic N) is 1. The van der Waals surface area contributed by atoms with Crippen molar-refractivity contribution in [1.82, 2.24) is 9.88 Å². The number of halogens is 1. The molecule has 0 spiro atoms. The zero-order valence-electron chi connectivity index (χ0n) is 17.8. The number of anilines is 1. The smallest absolute Gasteiger partial charge is 0.319 e. The number of nitrogens with one attached hydrogen (secondary N) is 2. The summed E-state index contributed by atoms with van der Waals surface area (Å²) in [6, 6.07) is 11.5. The number of aryl methyl sites for hydroxylation is 1. The first kappa shape index (κ1) is 23.7. The van der Waals surface area contributed by atoms with Crippen LogP contribution in [0.4, 0.5) is 10.5 Å². The number of aromatic hydroxyl groups is 1. The van der Waals surface area contributed by atoms with Crippen LogP contribution >= 0.6 is 11.6 Å². The van der Waals surface area contributed by atoms with Gasteiger partial charge in [0.2, 0.25) is 0 Å². The highest BCUT2D eigenvalue weighted by molar-refractivity contribution is 6.30. The standard InChI is InChI=1S/C23H22ClN3O6/c1-27-9-8-18(28)21(22(27)31)26-23(32)25-17(12-20(29)30)14-6-7-19(33-2)16(11-14)13-4-3-5-15(24)10-13/h3-11,17,28H,12H2,1-2H3,(H,29,30)(H2,25,26,32). The molecule has 0 aliphatic carbocycles. The fraction of sp³-hybridized carbons (Fsp3) is 0.174. The molecule has 0 bridgehead atoms. The number of urea groups is 1. The Morgan fingerprint density at radius 1 is 1.18 bits per heavy atom. The quantitative estimate of drug-likeness (QED) is 0.415. The second kappa shape index (κ2) is 10.1. The van der Waals surface area contributed by atoms with Gasteiger partial charge in [0.15, 0.2) is 5.69 Å². The molecule has 2 amide bonds. The van der Waals surface area contributed by atoms with E-state index in [4.69, 9.17) is 16.3 Å². The topological polar surface area (TPSA) is 130 Å². The maximum Gasteiger partial charge on any atom is 0.319 e. The molecule has 3 rings (SSSR count). The summed E-state index contributed by atoms with van der Waals surface area (Å²) in [5.41, 5.74) is 0.962. The first-order valence-electron chi connectivity index (χ1n) is 9.81. The molecule has 0 saturated carbocycles. The van der Waals surface area contributed by atoms with Gasteiger partial charge in [0.1, 0.15) is 11.5 Å². The summed E-state index contributed by atoms with van der Waals surface area (Å²) in [5.74, 6) is -1.01. The van der Waals surface area contributed by atoms with Crippen molar-refractivity contribution >= 4 is 29.3 Å². The van der Waals surface area contributed by atoms with Gasteiger partial charge in [-0.15, -0.1) is 0 Å². The second-order valence-corrected chi connectivity index (χ2v) is 7.65. The van der Waals surface area contributed by atoms with Crippen molar-refractivity contribution in [1.29, 1.82) is 0 Å². The molecule has 0 radical (unpaired) electrons. The number of rotatable bonds is 7. The zero-order chi connectivity index (χ0) is 24.1. The Morgan fingerprint density at radius 3 is 2.61 bits per heavy atom. The minimum atomic E-state index is -1.14. The molecule has 2 aromatic carbocycles. The van der Waals surface area contributed by atoms with Gasteiger partial charge in [-0.3, -0.25) is 9.59 Å². The fourth-order valence-electron chi connectivity index (χ4n) is 3.30. The van der Waals surface area contributed by atoms with Crippen molar-refractivity contribution in [3.05, 3.63) is 75.7 Å². The van der Waals surface area contributed by atoms with Crippen LogP contribution in [0, 0.1) is 0 Å². The normalized spacial score (nSPS) is 11.5. The van der Waals surface area contributed by atoms with Crippen molar-refractivity contribution in [2.75, 3.05) is 12.4 Å². The summed E-state index contributed by atoms with van der Waals surface area (Å²) >= 11 is 6.11. The zero-order valence-corrected chi connectivity index (χ0v) is 18.6. The predicted octanol–water partition coefficient (Wildman–Crippen LogP) is 3.76. The van der Waals surface area contributed by atoms with Gasteiger partial charge in [0.05, 0.1) is 19.6 Å². The molecule has 0 aliphatic rings. The van der Waals surface area contributed by atoms with Crippen molar-refractivity contribution in [2.24, 2.45) is 7.05 Å². The summed E-state index contributed by atoms with van der Waals surface area (Å²) in [6.45, 7) is 0. The van der Waals surface area contributed by atoms with E-state index in [-0.39, 0.29) is 5.69 Å². The summed E-state index contributed by atoms with van der Waals surface area (Å²) < 4.78 is 6.61. The SMILES string of the molecule is COc1ccc(C(CC(=O)O)NC(=O)Nc2c(O)ccn(C)c2=O)cc1-c1cccc(Cl)c1. The largest absolute Gasteiger partial charge is 0.505 e. The molecular weight excluding hydrogens is 450 g/mol. The number of hydrogen-bond acceptors (Lipinski definition) is 5. The molecule has 4 N–H and O–H groups in total. The van der Waals surface area contributed by atoms with Gasteiger partial charge in [-0.1, -0.05) is 29.8 Å². The first-order chi connectivity index (χ1) is 15.7. The number of amides is 2. The van der Waals surface area contributed by atoms with Gasteiger partial charge < -0.3 is 30.2 Å². The number of carboxylic acids is 1. The van der Waals surface area contributed by atoms with Gasteiger partial charge in [-0.05, 0) is 41.5 Å². The molecule has 0 saturated heterocycles. The van der Waals surface area contributed by atoms with E-state index in [1.807, 2.05) is 6.07 Å². The number of pyridine rings is 1. The number of carbonyl (C=O) groups is 2. The third-order valence-electron chi connectivity index (χ3n) is 4.93. The molecule has 33 heavy (non-hydrogen) atoms. The molecule has 1 atom stereocenters. The van der Waals surface area contributed by atoms with Gasteiger partial charge >= 0.3 is 12.0 Å². The van der Waals surface area contributed by atoms with Crippen LogP contribution in [0.25, 0.3) is 11.1 Å². The Morgan fingerprint density at radius 2 is 1.94 bits per heavy atom. The van der Waals surface area contributed by atoms with Crippen LogP contribution in [0.15, 0.2) is 59.5 Å². The number of aliphatic carboxylic acids is 1.